The largest absolute Gasteiger partial charge is 0.354 e. The maximum absolute atomic E-state index is 12.5. The van der Waals surface area contributed by atoms with E-state index in [9.17, 15) is 14.4 Å². The molecule has 7 heteroatoms. The van der Waals surface area contributed by atoms with Crippen LogP contribution in [0.2, 0.25) is 0 Å². The molecule has 1 unspecified atom stereocenters. The van der Waals surface area contributed by atoms with Gasteiger partial charge >= 0.3 is 0 Å². The Morgan fingerprint density at radius 3 is 2.53 bits per heavy atom. The molecule has 2 aromatic rings. The average Bonchev–Trinajstić information content (AvgIpc) is 3.52. The van der Waals surface area contributed by atoms with E-state index in [2.05, 4.69) is 28.1 Å². The van der Waals surface area contributed by atoms with Gasteiger partial charge in [0, 0.05) is 35.5 Å². The van der Waals surface area contributed by atoms with Crippen molar-refractivity contribution in [2.45, 2.75) is 37.5 Å². The second-order valence-corrected chi connectivity index (χ2v) is 9.15. The summed E-state index contributed by atoms with van der Waals surface area (Å²) >= 11 is 1.75. The Morgan fingerprint density at radius 1 is 1.07 bits per heavy atom. The van der Waals surface area contributed by atoms with Crippen LogP contribution in [0.4, 0.5) is 5.69 Å². The van der Waals surface area contributed by atoms with E-state index >= 15 is 0 Å². The third kappa shape index (κ3) is 4.41. The van der Waals surface area contributed by atoms with Crippen molar-refractivity contribution >= 4 is 34.7 Å². The second kappa shape index (κ2) is 9.00. The van der Waals surface area contributed by atoms with Crippen molar-refractivity contribution in [3.05, 3.63) is 52.7 Å². The number of carbonyl (C=O) groups is 3. The highest BCUT2D eigenvalue weighted by Gasteiger charge is 2.37. The molecular formula is C23H27N3O3S. The molecule has 1 aromatic heterocycles. The zero-order valence-corrected chi connectivity index (χ0v) is 17.7. The Morgan fingerprint density at radius 2 is 1.83 bits per heavy atom. The molecule has 0 spiro atoms. The predicted molar refractivity (Wildman–Crippen MR) is 117 cm³/mol. The predicted octanol–water partition coefficient (Wildman–Crippen LogP) is 2.85. The van der Waals surface area contributed by atoms with Crippen LogP contribution in [0.3, 0.4) is 0 Å². The van der Waals surface area contributed by atoms with Gasteiger partial charge in [-0.15, -0.1) is 11.3 Å². The normalized spacial score (nSPS) is 20.3. The number of nitrogens with zero attached hydrogens (tertiary/aromatic N) is 1. The molecule has 0 bridgehead atoms. The van der Waals surface area contributed by atoms with Crippen LogP contribution in [0.15, 0.2) is 47.8 Å². The average molecular weight is 426 g/mol. The number of benzene rings is 1. The number of nitrogens with one attached hydrogen (secondary N) is 2. The molecule has 1 saturated carbocycles. The first-order chi connectivity index (χ1) is 14.6. The lowest BCUT2D eigenvalue weighted by Gasteiger charge is -2.28. The Labute approximate surface area is 180 Å². The van der Waals surface area contributed by atoms with Gasteiger partial charge in [-0.25, -0.2) is 0 Å². The minimum absolute atomic E-state index is 0.0297. The Bertz CT molecular complexity index is 892. The second-order valence-electron chi connectivity index (χ2n) is 8.20. The molecule has 1 aliphatic heterocycles. The lowest BCUT2D eigenvalue weighted by atomic mass is 9.84. The first kappa shape index (κ1) is 20.6. The van der Waals surface area contributed by atoms with E-state index in [-0.39, 0.29) is 36.1 Å². The Kier molecular flexibility index (Phi) is 6.18. The highest BCUT2D eigenvalue weighted by atomic mass is 32.1. The molecular weight excluding hydrogens is 398 g/mol. The highest BCUT2D eigenvalue weighted by molar-refractivity contribution is 7.10. The lowest BCUT2D eigenvalue weighted by molar-refractivity contribution is -0.129. The number of carbonyl (C=O) groups excluding carboxylic acids is 3. The molecule has 4 rings (SSSR count). The summed E-state index contributed by atoms with van der Waals surface area (Å²) in [5.41, 5.74) is 0.827. The summed E-state index contributed by atoms with van der Waals surface area (Å²) in [7, 11) is 0. The van der Waals surface area contributed by atoms with Crippen molar-refractivity contribution in [1.82, 2.24) is 10.6 Å². The molecule has 2 N–H and O–H groups in total. The van der Waals surface area contributed by atoms with Gasteiger partial charge in [0.05, 0.1) is 12.5 Å². The van der Waals surface area contributed by atoms with E-state index in [0.29, 0.717) is 13.1 Å². The van der Waals surface area contributed by atoms with Gasteiger partial charge in [0.15, 0.2) is 0 Å². The number of para-hydroxylation sites is 1. The van der Waals surface area contributed by atoms with Gasteiger partial charge in [-0.2, -0.15) is 0 Å². The number of anilines is 1. The molecule has 1 atom stereocenters. The van der Waals surface area contributed by atoms with Gasteiger partial charge in [-0.3, -0.25) is 14.4 Å². The molecule has 1 saturated heterocycles. The fourth-order valence-electron chi connectivity index (χ4n) is 4.53. The fraction of sp³-hybridized carbons (Fsp3) is 0.435. The van der Waals surface area contributed by atoms with Gasteiger partial charge in [0.25, 0.3) is 0 Å². The summed E-state index contributed by atoms with van der Waals surface area (Å²) in [6, 6.07) is 13.6. The van der Waals surface area contributed by atoms with Crippen molar-refractivity contribution in [2.75, 3.05) is 24.5 Å². The zero-order valence-electron chi connectivity index (χ0n) is 16.9. The minimum Gasteiger partial charge on any atom is -0.354 e. The zero-order chi connectivity index (χ0) is 21.0. The maximum atomic E-state index is 12.5. The first-order valence-corrected chi connectivity index (χ1v) is 11.4. The molecule has 2 aliphatic rings. The van der Waals surface area contributed by atoms with E-state index in [1.54, 1.807) is 16.2 Å². The SMILES string of the molecule is O=C(CNC(=O)C1CC(=O)N(c2ccccc2)C1)NCC1(c2cccs2)CCCC1. The van der Waals surface area contributed by atoms with Gasteiger partial charge in [0.1, 0.15) is 0 Å². The number of hydrogen-bond donors (Lipinski definition) is 2. The number of thiophene rings is 1. The van der Waals surface area contributed by atoms with Gasteiger partial charge in [-0.1, -0.05) is 37.1 Å². The van der Waals surface area contributed by atoms with Gasteiger partial charge < -0.3 is 15.5 Å². The third-order valence-electron chi connectivity index (χ3n) is 6.22. The van der Waals surface area contributed by atoms with Crippen LogP contribution < -0.4 is 15.5 Å². The molecule has 2 fully saturated rings. The topological polar surface area (TPSA) is 78.5 Å². The van der Waals surface area contributed by atoms with Crippen molar-refractivity contribution < 1.29 is 14.4 Å². The standard InChI is InChI=1S/C23H27N3O3S/c27-20(25-16-23(10-4-5-11-23)19-9-6-12-30-19)14-24-22(29)17-13-21(28)26(15-17)18-7-2-1-3-8-18/h1-3,6-9,12,17H,4-5,10-11,13-16H2,(H,24,29)(H,25,27). The van der Waals surface area contributed by atoms with Crippen LogP contribution >= 0.6 is 11.3 Å². The van der Waals surface area contributed by atoms with Gasteiger partial charge in [-0.05, 0) is 36.4 Å². The van der Waals surface area contributed by atoms with Crippen LogP contribution in [-0.4, -0.2) is 37.4 Å². The molecule has 3 amide bonds. The molecule has 30 heavy (non-hydrogen) atoms. The molecule has 1 aromatic carbocycles. The number of rotatable bonds is 7. The molecule has 1 aliphatic carbocycles. The monoisotopic (exact) mass is 425 g/mol. The molecule has 6 nitrogen and oxygen atoms in total. The summed E-state index contributed by atoms with van der Waals surface area (Å²) in [5, 5.41) is 7.81. The van der Waals surface area contributed by atoms with Crippen molar-refractivity contribution in [1.29, 1.82) is 0 Å². The molecule has 0 radical (unpaired) electrons. The first-order valence-electron chi connectivity index (χ1n) is 10.5. The van der Waals surface area contributed by atoms with Gasteiger partial charge in [0.2, 0.25) is 17.7 Å². The Hall–Kier alpha value is -2.67. The summed E-state index contributed by atoms with van der Waals surface area (Å²) in [6.45, 7) is 0.888. The van der Waals surface area contributed by atoms with Crippen LogP contribution in [0, 0.1) is 5.92 Å². The molecule has 2 heterocycles. The fourth-order valence-corrected chi connectivity index (χ4v) is 5.51. The maximum Gasteiger partial charge on any atom is 0.239 e. The Balaban J connectivity index is 1.26. The summed E-state index contributed by atoms with van der Waals surface area (Å²) < 4.78 is 0. The molecule has 158 valence electrons. The number of hydrogen-bond acceptors (Lipinski definition) is 4. The smallest absolute Gasteiger partial charge is 0.239 e. The quantitative estimate of drug-likeness (QED) is 0.716. The lowest BCUT2D eigenvalue weighted by Crippen LogP contribution is -2.44. The highest BCUT2D eigenvalue weighted by Crippen LogP contribution is 2.42. The van der Waals surface area contributed by atoms with E-state index in [1.807, 2.05) is 30.3 Å². The van der Waals surface area contributed by atoms with Crippen molar-refractivity contribution in [3.63, 3.8) is 0 Å². The van der Waals surface area contributed by atoms with Crippen LogP contribution in [-0.2, 0) is 19.8 Å². The third-order valence-corrected chi connectivity index (χ3v) is 7.33. The van der Waals surface area contributed by atoms with Crippen molar-refractivity contribution in [3.8, 4) is 0 Å². The van der Waals surface area contributed by atoms with E-state index in [1.165, 1.54) is 17.7 Å². The van der Waals surface area contributed by atoms with Crippen LogP contribution in [0.25, 0.3) is 0 Å². The van der Waals surface area contributed by atoms with E-state index < -0.39 is 5.92 Å². The van der Waals surface area contributed by atoms with Crippen LogP contribution in [0.5, 0.6) is 0 Å². The summed E-state index contributed by atoms with van der Waals surface area (Å²) in [5.74, 6) is -0.927. The number of amides is 3. The summed E-state index contributed by atoms with van der Waals surface area (Å²) in [6.07, 6.45) is 4.69. The minimum atomic E-state index is -0.433. The van der Waals surface area contributed by atoms with Crippen LogP contribution in [0.1, 0.15) is 37.0 Å². The van der Waals surface area contributed by atoms with Crippen molar-refractivity contribution in [2.24, 2.45) is 5.92 Å². The summed E-state index contributed by atoms with van der Waals surface area (Å²) in [4.78, 5) is 40.2. The van der Waals surface area contributed by atoms with E-state index in [4.69, 9.17) is 0 Å². The van der Waals surface area contributed by atoms with E-state index in [0.717, 1.165) is 18.5 Å².